The summed E-state index contributed by atoms with van der Waals surface area (Å²) >= 11 is 1.52. The van der Waals surface area contributed by atoms with Crippen LogP contribution in [0.15, 0.2) is 29.4 Å². The summed E-state index contributed by atoms with van der Waals surface area (Å²) in [5.74, 6) is 1.19. The molecule has 1 aromatic heterocycles. The summed E-state index contributed by atoms with van der Waals surface area (Å²) in [5, 5.41) is 4.15. The van der Waals surface area contributed by atoms with Gasteiger partial charge in [-0.1, -0.05) is 6.92 Å². The number of aromatic nitrogens is 3. The number of nitrogen functional groups attached to an aromatic ring is 1. The summed E-state index contributed by atoms with van der Waals surface area (Å²) in [4.78, 5) is 5.04. The van der Waals surface area contributed by atoms with Crippen LogP contribution in [0.2, 0.25) is 0 Å². The van der Waals surface area contributed by atoms with Crippen LogP contribution < -0.4 is 5.73 Å². The molecule has 1 heterocycles. The van der Waals surface area contributed by atoms with Gasteiger partial charge in [-0.05, 0) is 24.6 Å². The number of hydrogen-bond acceptors (Lipinski definition) is 4. The first-order valence-corrected chi connectivity index (χ1v) is 6.73. The van der Waals surface area contributed by atoms with E-state index in [1.54, 1.807) is 12.4 Å². The van der Waals surface area contributed by atoms with E-state index in [2.05, 4.69) is 17.0 Å². The molecule has 0 fully saturated rings. The van der Waals surface area contributed by atoms with Crippen molar-refractivity contribution >= 4 is 17.4 Å². The second kappa shape index (κ2) is 5.86. The molecule has 0 spiro atoms. The van der Waals surface area contributed by atoms with Crippen LogP contribution >= 0.6 is 11.8 Å². The van der Waals surface area contributed by atoms with E-state index < -0.39 is 0 Å². The van der Waals surface area contributed by atoms with Gasteiger partial charge in [0.25, 0.3) is 0 Å². The zero-order chi connectivity index (χ0) is 13.0. The monoisotopic (exact) mass is 266 g/mol. The van der Waals surface area contributed by atoms with E-state index in [1.165, 1.54) is 17.8 Å². The normalized spacial score (nSPS) is 10.8. The lowest BCUT2D eigenvalue weighted by Crippen LogP contribution is -2.04. The molecule has 2 rings (SSSR count). The standard InChI is InChI=1S/C12H15FN4S/c1-2-5-17-12(15-8-16-17)7-18-9-3-4-11(14)10(13)6-9/h3-4,6,8H,2,5,7,14H2,1H3. The molecule has 0 bridgehead atoms. The summed E-state index contributed by atoms with van der Waals surface area (Å²) in [6.07, 6.45) is 2.56. The van der Waals surface area contributed by atoms with Crippen molar-refractivity contribution in [2.75, 3.05) is 5.73 Å². The zero-order valence-corrected chi connectivity index (χ0v) is 11.0. The van der Waals surface area contributed by atoms with Gasteiger partial charge in [-0.2, -0.15) is 5.10 Å². The molecule has 0 atom stereocenters. The van der Waals surface area contributed by atoms with Crippen molar-refractivity contribution in [3.05, 3.63) is 36.2 Å². The molecule has 0 aliphatic carbocycles. The minimum atomic E-state index is -0.380. The third kappa shape index (κ3) is 3.01. The van der Waals surface area contributed by atoms with Crippen LogP contribution in [0.4, 0.5) is 10.1 Å². The first-order valence-electron chi connectivity index (χ1n) is 5.75. The van der Waals surface area contributed by atoms with Crippen molar-refractivity contribution in [1.82, 2.24) is 14.8 Å². The number of nitrogens with zero attached hydrogens (tertiary/aromatic N) is 3. The highest BCUT2D eigenvalue weighted by Gasteiger charge is 2.06. The summed E-state index contributed by atoms with van der Waals surface area (Å²) in [7, 11) is 0. The van der Waals surface area contributed by atoms with Crippen LogP contribution in [0.5, 0.6) is 0 Å². The number of aryl methyl sites for hydroxylation is 1. The first-order chi connectivity index (χ1) is 8.70. The fourth-order valence-electron chi connectivity index (χ4n) is 1.54. The van der Waals surface area contributed by atoms with Crippen molar-refractivity contribution in [3.8, 4) is 0 Å². The molecule has 2 N–H and O–H groups in total. The van der Waals surface area contributed by atoms with Gasteiger partial charge >= 0.3 is 0 Å². The highest BCUT2D eigenvalue weighted by molar-refractivity contribution is 7.98. The smallest absolute Gasteiger partial charge is 0.147 e. The van der Waals surface area contributed by atoms with Crippen LogP contribution in [-0.4, -0.2) is 14.8 Å². The predicted molar refractivity (Wildman–Crippen MR) is 70.7 cm³/mol. The molecule has 96 valence electrons. The maximum atomic E-state index is 13.3. The van der Waals surface area contributed by atoms with Gasteiger partial charge < -0.3 is 5.73 Å². The Morgan fingerprint density at radius 1 is 1.44 bits per heavy atom. The number of nitrogens with two attached hydrogens (primary N) is 1. The molecular weight excluding hydrogens is 251 g/mol. The van der Waals surface area contributed by atoms with Crippen LogP contribution in [0.25, 0.3) is 0 Å². The second-order valence-corrected chi connectivity index (χ2v) is 4.92. The lowest BCUT2D eigenvalue weighted by atomic mass is 10.3. The molecule has 0 radical (unpaired) electrons. The minimum absolute atomic E-state index is 0.175. The van der Waals surface area contributed by atoms with Crippen molar-refractivity contribution in [2.45, 2.75) is 30.5 Å². The number of halogens is 1. The Kier molecular flexibility index (Phi) is 4.19. The Hall–Kier alpha value is -1.56. The van der Waals surface area contributed by atoms with Crippen LogP contribution in [0.1, 0.15) is 19.2 Å². The molecular formula is C12H15FN4S. The van der Waals surface area contributed by atoms with Gasteiger partial charge in [0.05, 0.1) is 11.4 Å². The molecule has 0 aliphatic heterocycles. The third-order valence-corrected chi connectivity index (χ3v) is 3.46. The van der Waals surface area contributed by atoms with E-state index >= 15 is 0 Å². The van der Waals surface area contributed by atoms with Gasteiger partial charge in [-0.25, -0.2) is 14.1 Å². The van der Waals surface area contributed by atoms with Crippen molar-refractivity contribution in [1.29, 1.82) is 0 Å². The number of benzene rings is 1. The highest BCUT2D eigenvalue weighted by atomic mass is 32.2. The largest absolute Gasteiger partial charge is 0.396 e. The molecule has 18 heavy (non-hydrogen) atoms. The first kappa shape index (κ1) is 12.9. The molecule has 1 aromatic carbocycles. The molecule has 6 heteroatoms. The van der Waals surface area contributed by atoms with Gasteiger partial charge in [0.15, 0.2) is 0 Å². The average Bonchev–Trinajstić information content (AvgIpc) is 2.79. The molecule has 2 aromatic rings. The molecule has 0 saturated heterocycles. The topological polar surface area (TPSA) is 56.7 Å². The Morgan fingerprint density at radius 2 is 2.28 bits per heavy atom. The maximum Gasteiger partial charge on any atom is 0.147 e. The van der Waals surface area contributed by atoms with Crippen LogP contribution in [0.3, 0.4) is 0 Å². The lowest BCUT2D eigenvalue weighted by molar-refractivity contribution is 0.581. The van der Waals surface area contributed by atoms with E-state index in [0.29, 0.717) is 5.75 Å². The van der Waals surface area contributed by atoms with Crippen LogP contribution in [0, 0.1) is 5.82 Å². The number of anilines is 1. The Morgan fingerprint density at radius 3 is 3.00 bits per heavy atom. The Labute approximate surface area is 109 Å². The van der Waals surface area contributed by atoms with Gasteiger partial charge in [0.2, 0.25) is 0 Å². The quantitative estimate of drug-likeness (QED) is 0.668. The second-order valence-electron chi connectivity index (χ2n) is 3.87. The lowest BCUT2D eigenvalue weighted by Gasteiger charge is -2.05. The fraction of sp³-hybridized carbons (Fsp3) is 0.333. The molecule has 0 aliphatic rings. The Balaban J connectivity index is 2.02. The van der Waals surface area contributed by atoms with Gasteiger partial charge in [-0.3, -0.25) is 0 Å². The summed E-state index contributed by atoms with van der Waals surface area (Å²) < 4.78 is 15.1. The fourth-order valence-corrected chi connectivity index (χ4v) is 2.41. The molecule has 0 saturated carbocycles. The number of thioether (sulfide) groups is 1. The Bertz CT molecular complexity index is 527. The molecule has 0 amide bonds. The number of hydrogen-bond donors (Lipinski definition) is 1. The van der Waals surface area contributed by atoms with E-state index in [4.69, 9.17) is 5.73 Å². The molecule has 4 nitrogen and oxygen atoms in total. The van der Waals surface area contributed by atoms with Crippen molar-refractivity contribution < 1.29 is 4.39 Å². The highest BCUT2D eigenvalue weighted by Crippen LogP contribution is 2.24. The summed E-state index contributed by atoms with van der Waals surface area (Å²) in [5.41, 5.74) is 5.61. The summed E-state index contributed by atoms with van der Waals surface area (Å²) in [6, 6.07) is 4.83. The van der Waals surface area contributed by atoms with E-state index in [1.807, 2.05) is 10.7 Å². The van der Waals surface area contributed by atoms with Crippen LogP contribution in [-0.2, 0) is 12.3 Å². The van der Waals surface area contributed by atoms with Gasteiger partial charge in [-0.15, -0.1) is 11.8 Å². The predicted octanol–water partition coefficient (Wildman–Crippen LogP) is 2.70. The van der Waals surface area contributed by atoms with E-state index in [0.717, 1.165) is 23.7 Å². The molecule has 0 unspecified atom stereocenters. The summed E-state index contributed by atoms with van der Waals surface area (Å²) in [6.45, 7) is 2.94. The van der Waals surface area contributed by atoms with Gasteiger partial charge in [0.1, 0.15) is 18.0 Å². The van der Waals surface area contributed by atoms with E-state index in [-0.39, 0.29) is 11.5 Å². The third-order valence-electron chi connectivity index (χ3n) is 2.47. The van der Waals surface area contributed by atoms with Crippen molar-refractivity contribution in [3.63, 3.8) is 0 Å². The minimum Gasteiger partial charge on any atom is -0.396 e. The van der Waals surface area contributed by atoms with Crippen molar-refractivity contribution in [2.24, 2.45) is 0 Å². The average molecular weight is 266 g/mol. The maximum absolute atomic E-state index is 13.3. The number of rotatable bonds is 5. The van der Waals surface area contributed by atoms with Gasteiger partial charge in [0, 0.05) is 11.4 Å². The zero-order valence-electron chi connectivity index (χ0n) is 10.1. The van der Waals surface area contributed by atoms with E-state index in [9.17, 15) is 4.39 Å². The SMILES string of the molecule is CCCn1ncnc1CSc1ccc(N)c(F)c1.